The first-order chi connectivity index (χ1) is 13.9. The van der Waals surface area contributed by atoms with Crippen LogP contribution in [0.2, 0.25) is 5.02 Å². The van der Waals surface area contributed by atoms with Crippen LogP contribution in [0.25, 0.3) is 11.3 Å². The second-order valence-corrected chi connectivity index (χ2v) is 6.84. The fourth-order valence-corrected chi connectivity index (χ4v) is 2.77. The van der Waals surface area contributed by atoms with Crippen LogP contribution in [-0.4, -0.2) is 29.4 Å². The van der Waals surface area contributed by atoms with Gasteiger partial charge >= 0.3 is 0 Å². The molecular formula is C21H21ClN4O3. The maximum Gasteiger partial charge on any atom is 0.252 e. The van der Waals surface area contributed by atoms with E-state index in [2.05, 4.69) is 20.5 Å². The van der Waals surface area contributed by atoms with Crippen LogP contribution in [0.5, 0.6) is 11.5 Å². The van der Waals surface area contributed by atoms with Gasteiger partial charge in [-0.2, -0.15) is 5.10 Å². The van der Waals surface area contributed by atoms with Gasteiger partial charge in [0, 0.05) is 11.6 Å². The number of hydrogen-bond acceptors (Lipinski definition) is 6. The van der Waals surface area contributed by atoms with Gasteiger partial charge in [-0.05, 0) is 61.9 Å². The summed E-state index contributed by atoms with van der Waals surface area (Å²) in [4.78, 5) is 19.0. The number of aromatic amines is 1. The first-order valence-corrected chi connectivity index (χ1v) is 9.33. The van der Waals surface area contributed by atoms with Crippen LogP contribution in [0.1, 0.15) is 19.4 Å². The SMILES string of the molecule is COc1ccc(-c2cc(=O)[nH]c(N/N=C\c3ccc(OC(C)C)c(Cl)c3)n2)cc1. The fourth-order valence-electron chi connectivity index (χ4n) is 2.54. The molecule has 7 nitrogen and oxygen atoms in total. The number of hydrogen-bond donors (Lipinski definition) is 2. The van der Waals surface area contributed by atoms with Crippen LogP contribution < -0.4 is 20.5 Å². The third kappa shape index (κ3) is 5.58. The molecule has 0 saturated carbocycles. The number of H-pyrrole nitrogens is 1. The highest BCUT2D eigenvalue weighted by Gasteiger charge is 2.06. The molecule has 2 aromatic carbocycles. The Bertz CT molecular complexity index is 1060. The number of ether oxygens (including phenoxy) is 2. The van der Waals surface area contributed by atoms with Crippen molar-refractivity contribution in [2.75, 3.05) is 12.5 Å². The molecule has 0 amide bonds. The Morgan fingerprint density at radius 3 is 2.59 bits per heavy atom. The highest BCUT2D eigenvalue weighted by molar-refractivity contribution is 6.32. The van der Waals surface area contributed by atoms with E-state index in [1.807, 2.05) is 32.0 Å². The van der Waals surface area contributed by atoms with Crippen LogP contribution in [0.4, 0.5) is 5.95 Å². The average Bonchev–Trinajstić information content (AvgIpc) is 2.69. The number of aromatic nitrogens is 2. The molecule has 29 heavy (non-hydrogen) atoms. The van der Waals surface area contributed by atoms with E-state index >= 15 is 0 Å². The van der Waals surface area contributed by atoms with Gasteiger partial charge in [0.1, 0.15) is 11.5 Å². The van der Waals surface area contributed by atoms with E-state index in [1.165, 1.54) is 6.07 Å². The fraction of sp³-hybridized carbons (Fsp3) is 0.190. The van der Waals surface area contributed by atoms with Gasteiger partial charge in [-0.25, -0.2) is 10.4 Å². The summed E-state index contributed by atoms with van der Waals surface area (Å²) < 4.78 is 10.8. The minimum atomic E-state index is -0.290. The largest absolute Gasteiger partial charge is 0.497 e. The first kappa shape index (κ1) is 20.4. The lowest BCUT2D eigenvalue weighted by atomic mass is 10.1. The summed E-state index contributed by atoms with van der Waals surface area (Å²) >= 11 is 6.22. The number of halogens is 1. The Morgan fingerprint density at radius 1 is 1.17 bits per heavy atom. The van der Waals surface area contributed by atoms with Gasteiger partial charge < -0.3 is 9.47 Å². The van der Waals surface area contributed by atoms with E-state index in [0.29, 0.717) is 16.5 Å². The lowest BCUT2D eigenvalue weighted by Gasteiger charge is -2.11. The van der Waals surface area contributed by atoms with Crippen LogP contribution in [0.15, 0.2) is 58.4 Å². The molecule has 0 aliphatic carbocycles. The zero-order valence-corrected chi connectivity index (χ0v) is 17.0. The van der Waals surface area contributed by atoms with E-state index in [-0.39, 0.29) is 17.6 Å². The minimum absolute atomic E-state index is 0.0366. The van der Waals surface area contributed by atoms with Gasteiger partial charge in [0.05, 0.1) is 30.1 Å². The molecule has 0 aliphatic rings. The Labute approximate surface area is 173 Å². The predicted molar refractivity (Wildman–Crippen MR) is 115 cm³/mol. The molecule has 1 heterocycles. The highest BCUT2D eigenvalue weighted by Crippen LogP contribution is 2.26. The average molecular weight is 413 g/mol. The van der Waals surface area contributed by atoms with Gasteiger partial charge in [0.15, 0.2) is 0 Å². The van der Waals surface area contributed by atoms with Crippen molar-refractivity contribution in [3.63, 3.8) is 0 Å². The molecular weight excluding hydrogens is 392 g/mol. The van der Waals surface area contributed by atoms with Crippen molar-refractivity contribution in [1.82, 2.24) is 9.97 Å². The van der Waals surface area contributed by atoms with Crippen LogP contribution in [-0.2, 0) is 0 Å². The molecule has 2 N–H and O–H groups in total. The van der Waals surface area contributed by atoms with E-state index in [4.69, 9.17) is 21.1 Å². The van der Waals surface area contributed by atoms with E-state index in [0.717, 1.165) is 16.9 Å². The Kier molecular flexibility index (Phi) is 6.51. The van der Waals surface area contributed by atoms with Crippen molar-refractivity contribution < 1.29 is 9.47 Å². The third-order valence-corrected chi connectivity index (χ3v) is 4.13. The summed E-state index contributed by atoms with van der Waals surface area (Å²) in [6.07, 6.45) is 1.61. The summed E-state index contributed by atoms with van der Waals surface area (Å²) in [5, 5.41) is 4.62. The Morgan fingerprint density at radius 2 is 1.93 bits per heavy atom. The number of nitrogens with one attached hydrogen (secondary N) is 2. The van der Waals surface area contributed by atoms with Crippen LogP contribution >= 0.6 is 11.6 Å². The normalized spacial score (nSPS) is 11.1. The Hall–Kier alpha value is -3.32. The smallest absolute Gasteiger partial charge is 0.252 e. The van der Waals surface area contributed by atoms with Gasteiger partial charge in [-0.15, -0.1) is 0 Å². The van der Waals surface area contributed by atoms with Crippen molar-refractivity contribution in [2.24, 2.45) is 5.10 Å². The molecule has 0 aliphatic heterocycles. The van der Waals surface area contributed by atoms with Crippen LogP contribution in [0.3, 0.4) is 0 Å². The second kappa shape index (κ2) is 9.25. The van der Waals surface area contributed by atoms with Crippen molar-refractivity contribution in [1.29, 1.82) is 0 Å². The molecule has 0 spiro atoms. The van der Waals surface area contributed by atoms with Crippen molar-refractivity contribution in [2.45, 2.75) is 20.0 Å². The molecule has 0 radical (unpaired) electrons. The lowest BCUT2D eigenvalue weighted by Crippen LogP contribution is -2.10. The molecule has 3 aromatic rings. The van der Waals surface area contributed by atoms with E-state index in [9.17, 15) is 4.79 Å². The Balaban J connectivity index is 1.74. The number of nitrogens with zero attached hydrogens (tertiary/aromatic N) is 2. The molecule has 0 saturated heterocycles. The zero-order chi connectivity index (χ0) is 20.8. The van der Waals surface area contributed by atoms with E-state index < -0.39 is 0 Å². The van der Waals surface area contributed by atoms with Gasteiger partial charge in [0.25, 0.3) is 5.56 Å². The zero-order valence-electron chi connectivity index (χ0n) is 16.3. The summed E-state index contributed by atoms with van der Waals surface area (Å²) in [5.74, 6) is 1.57. The van der Waals surface area contributed by atoms with Gasteiger partial charge in [-0.1, -0.05) is 11.6 Å². The minimum Gasteiger partial charge on any atom is -0.497 e. The highest BCUT2D eigenvalue weighted by atomic mass is 35.5. The summed E-state index contributed by atoms with van der Waals surface area (Å²) in [7, 11) is 1.60. The molecule has 0 bridgehead atoms. The molecule has 8 heteroatoms. The summed E-state index contributed by atoms with van der Waals surface area (Å²) in [6.45, 7) is 3.87. The molecule has 150 valence electrons. The number of benzene rings is 2. The van der Waals surface area contributed by atoms with E-state index in [1.54, 1.807) is 37.6 Å². The molecule has 1 aromatic heterocycles. The monoisotopic (exact) mass is 412 g/mol. The summed E-state index contributed by atoms with van der Waals surface area (Å²) in [5.41, 5.74) is 4.53. The number of methoxy groups -OCH3 is 1. The second-order valence-electron chi connectivity index (χ2n) is 6.43. The predicted octanol–water partition coefficient (Wildman–Crippen LogP) is 4.33. The topological polar surface area (TPSA) is 88.6 Å². The quantitative estimate of drug-likeness (QED) is 0.445. The maximum absolute atomic E-state index is 12.0. The molecule has 0 fully saturated rings. The molecule has 0 unspecified atom stereocenters. The third-order valence-electron chi connectivity index (χ3n) is 3.83. The van der Waals surface area contributed by atoms with Gasteiger partial charge in [-0.3, -0.25) is 9.78 Å². The number of rotatable bonds is 7. The van der Waals surface area contributed by atoms with Crippen molar-refractivity contribution >= 4 is 23.8 Å². The van der Waals surface area contributed by atoms with Crippen molar-refractivity contribution in [3.05, 3.63) is 69.5 Å². The summed E-state index contributed by atoms with van der Waals surface area (Å²) in [6, 6.07) is 14.1. The lowest BCUT2D eigenvalue weighted by molar-refractivity contribution is 0.242. The molecule has 0 atom stereocenters. The van der Waals surface area contributed by atoms with Gasteiger partial charge in [0.2, 0.25) is 5.95 Å². The molecule has 3 rings (SSSR count). The number of hydrazone groups is 1. The first-order valence-electron chi connectivity index (χ1n) is 8.95. The standard InChI is InChI=1S/C21H21ClN4O3/c1-13(2)29-19-9-4-14(10-17(19)22)12-23-26-21-24-18(11-20(27)25-21)15-5-7-16(28-3)8-6-15/h4-13H,1-3H3,(H2,24,25,26,27)/b23-12-. The van der Waals surface area contributed by atoms with Crippen molar-refractivity contribution in [3.8, 4) is 22.8 Å². The van der Waals surface area contributed by atoms with Crippen LogP contribution in [0, 0.1) is 0 Å². The maximum atomic E-state index is 12.0. The number of anilines is 1.